The smallest absolute Gasteiger partial charge is 0.230 e. The summed E-state index contributed by atoms with van der Waals surface area (Å²) in [5.41, 5.74) is 1.43. The maximum Gasteiger partial charge on any atom is 0.230 e. The van der Waals surface area contributed by atoms with Crippen molar-refractivity contribution in [2.24, 2.45) is 5.92 Å². The number of aryl methyl sites for hydroxylation is 2. The van der Waals surface area contributed by atoms with Crippen LogP contribution in [0.1, 0.15) is 36.6 Å². The molecule has 1 fully saturated rings. The van der Waals surface area contributed by atoms with Gasteiger partial charge in [0.2, 0.25) is 5.91 Å². The number of thioether (sulfide) groups is 1. The van der Waals surface area contributed by atoms with E-state index in [0.717, 1.165) is 16.3 Å². The Morgan fingerprint density at radius 3 is 3.14 bits per heavy atom. The molecule has 4 rings (SSSR count). The third kappa shape index (κ3) is 2.74. The maximum atomic E-state index is 12.1. The van der Waals surface area contributed by atoms with Crippen molar-refractivity contribution in [2.75, 3.05) is 5.75 Å². The van der Waals surface area contributed by atoms with E-state index in [2.05, 4.69) is 22.2 Å². The molecule has 6 heteroatoms. The molecule has 0 saturated heterocycles. The van der Waals surface area contributed by atoms with Crippen molar-refractivity contribution in [1.29, 1.82) is 0 Å². The highest BCUT2D eigenvalue weighted by Crippen LogP contribution is 2.40. The van der Waals surface area contributed by atoms with E-state index < -0.39 is 0 Å². The minimum absolute atomic E-state index is 0.114. The van der Waals surface area contributed by atoms with E-state index in [1.54, 1.807) is 29.4 Å². The molecule has 0 bridgehead atoms. The number of fused-ring (bicyclic) bond motifs is 3. The molecule has 1 N–H and O–H groups in total. The van der Waals surface area contributed by atoms with Crippen molar-refractivity contribution >= 4 is 39.2 Å². The SMILES string of the molecule is C[C@H](NC(=O)CSc1ncnc2sc3c(c12)CCC3)C1CC1. The molecule has 2 aromatic heterocycles. The summed E-state index contributed by atoms with van der Waals surface area (Å²) in [4.78, 5) is 23.5. The molecule has 2 aromatic rings. The normalized spacial score (nSPS) is 18.4. The van der Waals surface area contributed by atoms with Crippen LogP contribution < -0.4 is 5.32 Å². The molecule has 1 saturated carbocycles. The molecule has 0 radical (unpaired) electrons. The minimum atomic E-state index is 0.114. The van der Waals surface area contributed by atoms with Crippen LogP contribution in [0.2, 0.25) is 0 Å². The number of thiophene rings is 1. The van der Waals surface area contributed by atoms with Crippen LogP contribution in [-0.4, -0.2) is 27.7 Å². The van der Waals surface area contributed by atoms with Gasteiger partial charge in [-0.25, -0.2) is 9.97 Å². The molecule has 1 atom stereocenters. The van der Waals surface area contributed by atoms with E-state index in [9.17, 15) is 4.79 Å². The largest absolute Gasteiger partial charge is 0.353 e. The van der Waals surface area contributed by atoms with Gasteiger partial charge in [0.1, 0.15) is 16.2 Å². The van der Waals surface area contributed by atoms with Gasteiger partial charge in [0, 0.05) is 16.3 Å². The van der Waals surface area contributed by atoms with E-state index in [4.69, 9.17) is 0 Å². The van der Waals surface area contributed by atoms with Crippen molar-refractivity contribution in [3.05, 3.63) is 16.8 Å². The highest BCUT2D eigenvalue weighted by atomic mass is 32.2. The van der Waals surface area contributed by atoms with Gasteiger partial charge in [0.15, 0.2) is 0 Å². The van der Waals surface area contributed by atoms with Gasteiger partial charge in [-0.15, -0.1) is 11.3 Å². The second kappa shape index (κ2) is 5.81. The number of nitrogens with zero attached hydrogens (tertiary/aromatic N) is 2. The molecule has 1 amide bonds. The lowest BCUT2D eigenvalue weighted by molar-refractivity contribution is -0.119. The predicted octanol–water partition coefficient (Wildman–Crippen LogP) is 3.19. The molecule has 2 heterocycles. The third-order valence-electron chi connectivity index (χ3n) is 4.52. The molecule has 4 nitrogen and oxygen atoms in total. The summed E-state index contributed by atoms with van der Waals surface area (Å²) >= 11 is 3.34. The highest BCUT2D eigenvalue weighted by molar-refractivity contribution is 8.00. The third-order valence-corrected chi connectivity index (χ3v) is 6.71. The Morgan fingerprint density at radius 1 is 1.45 bits per heavy atom. The van der Waals surface area contributed by atoms with Gasteiger partial charge < -0.3 is 5.32 Å². The van der Waals surface area contributed by atoms with Crippen molar-refractivity contribution in [3.63, 3.8) is 0 Å². The van der Waals surface area contributed by atoms with Crippen LogP contribution in [0.25, 0.3) is 10.2 Å². The quantitative estimate of drug-likeness (QED) is 0.674. The van der Waals surface area contributed by atoms with Crippen molar-refractivity contribution < 1.29 is 4.79 Å². The van der Waals surface area contributed by atoms with Crippen LogP contribution in [0, 0.1) is 5.92 Å². The van der Waals surface area contributed by atoms with Gasteiger partial charge in [-0.2, -0.15) is 0 Å². The van der Waals surface area contributed by atoms with Crippen LogP contribution in [0.15, 0.2) is 11.4 Å². The molecular formula is C16H19N3OS2. The molecule has 0 aliphatic heterocycles. The standard InChI is InChI=1S/C16H19N3OS2/c1-9(10-5-6-10)19-13(20)7-21-15-14-11-3-2-4-12(11)22-16(14)18-8-17-15/h8-10H,2-7H2,1H3,(H,19,20)/t9-/m0/s1. The summed E-state index contributed by atoms with van der Waals surface area (Å²) in [6.07, 6.45) is 7.65. The zero-order valence-electron chi connectivity index (χ0n) is 12.6. The molecule has 0 unspecified atom stereocenters. The first-order chi connectivity index (χ1) is 10.7. The first-order valence-electron chi connectivity index (χ1n) is 7.90. The molecule has 116 valence electrons. The Hall–Kier alpha value is -1.14. The van der Waals surface area contributed by atoms with Gasteiger partial charge in [-0.1, -0.05) is 11.8 Å². The predicted molar refractivity (Wildman–Crippen MR) is 90.5 cm³/mol. The van der Waals surface area contributed by atoms with Gasteiger partial charge in [-0.05, 0) is 50.5 Å². The Labute approximate surface area is 138 Å². The van der Waals surface area contributed by atoms with Gasteiger partial charge in [0.25, 0.3) is 0 Å². The van der Waals surface area contributed by atoms with E-state index in [-0.39, 0.29) is 5.91 Å². The minimum Gasteiger partial charge on any atom is -0.353 e. The zero-order chi connectivity index (χ0) is 15.1. The van der Waals surface area contributed by atoms with Crippen molar-refractivity contribution in [2.45, 2.75) is 50.1 Å². The van der Waals surface area contributed by atoms with E-state index in [1.807, 2.05) is 0 Å². The summed E-state index contributed by atoms with van der Waals surface area (Å²) in [5.74, 6) is 1.25. The molecule has 2 aliphatic carbocycles. The number of hydrogen-bond acceptors (Lipinski definition) is 5. The Balaban J connectivity index is 1.48. The second-order valence-electron chi connectivity index (χ2n) is 6.20. The molecule has 2 aliphatic rings. The summed E-state index contributed by atoms with van der Waals surface area (Å²) in [6, 6.07) is 0.309. The van der Waals surface area contributed by atoms with Crippen LogP contribution in [0.5, 0.6) is 0 Å². The van der Waals surface area contributed by atoms with Gasteiger partial charge in [-0.3, -0.25) is 4.79 Å². The summed E-state index contributed by atoms with van der Waals surface area (Å²) in [7, 11) is 0. The van der Waals surface area contributed by atoms with Crippen LogP contribution in [0.4, 0.5) is 0 Å². The molecule has 22 heavy (non-hydrogen) atoms. The lowest BCUT2D eigenvalue weighted by Gasteiger charge is -2.12. The number of rotatable bonds is 5. The molecule has 0 spiro atoms. The van der Waals surface area contributed by atoms with Gasteiger partial charge in [0.05, 0.1) is 5.75 Å². The second-order valence-corrected chi connectivity index (χ2v) is 8.25. The molecular weight excluding hydrogens is 314 g/mol. The van der Waals surface area contributed by atoms with Crippen molar-refractivity contribution in [3.8, 4) is 0 Å². The van der Waals surface area contributed by atoms with Crippen LogP contribution >= 0.6 is 23.1 Å². The number of nitrogens with one attached hydrogen (secondary N) is 1. The summed E-state index contributed by atoms with van der Waals surface area (Å²) in [6.45, 7) is 2.11. The van der Waals surface area contributed by atoms with E-state index in [0.29, 0.717) is 17.7 Å². The average molecular weight is 333 g/mol. The lowest BCUT2D eigenvalue weighted by atomic mass is 10.2. The Morgan fingerprint density at radius 2 is 2.32 bits per heavy atom. The monoisotopic (exact) mass is 333 g/mol. The fraction of sp³-hybridized carbons (Fsp3) is 0.562. The topological polar surface area (TPSA) is 54.9 Å². The lowest BCUT2D eigenvalue weighted by Crippen LogP contribution is -2.35. The number of carbonyl (C=O) groups is 1. The summed E-state index contributed by atoms with van der Waals surface area (Å²) < 4.78 is 0. The van der Waals surface area contributed by atoms with Crippen LogP contribution in [0.3, 0.4) is 0 Å². The summed E-state index contributed by atoms with van der Waals surface area (Å²) in [5, 5.41) is 5.28. The number of amides is 1. The molecule has 0 aromatic carbocycles. The zero-order valence-corrected chi connectivity index (χ0v) is 14.2. The van der Waals surface area contributed by atoms with Crippen LogP contribution in [-0.2, 0) is 17.6 Å². The Kier molecular flexibility index (Phi) is 3.82. The van der Waals surface area contributed by atoms with E-state index >= 15 is 0 Å². The fourth-order valence-corrected chi connectivity index (χ4v) is 5.28. The van der Waals surface area contributed by atoms with Gasteiger partial charge >= 0.3 is 0 Å². The first-order valence-corrected chi connectivity index (χ1v) is 9.70. The number of aromatic nitrogens is 2. The van der Waals surface area contributed by atoms with Crippen molar-refractivity contribution in [1.82, 2.24) is 15.3 Å². The average Bonchev–Trinajstić information content (AvgIpc) is 3.16. The maximum absolute atomic E-state index is 12.1. The Bertz CT molecular complexity index is 723. The van der Waals surface area contributed by atoms with E-state index in [1.165, 1.54) is 41.5 Å². The first kappa shape index (κ1) is 14.5. The number of carbonyl (C=O) groups excluding carboxylic acids is 1. The number of hydrogen-bond donors (Lipinski definition) is 1. The fourth-order valence-electron chi connectivity index (χ4n) is 3.15. The highest BCUT2D eigenvalue weighted by Gasteiger charge is 2.29.